The number of hydrogen-bond donors (Lipinski definition) is 0. The smallest absolute Gasteiger partial charge is 0.128 e. The van der Waals surface area contributed by atoms with Gasteiger partial charge < -0.3 is 0 Å². The Morgan fingerprint density at radius 2 is 1.88 bits per heavy atom. The third-order valence-electron chi connectivity index (χ3n) is 2.26. The molecule has 16 heavy (non-hydrogen) atoms. The number of thiophene rings is 1. The van der Waals surface area contributed by atoms with E-state index in [1.54, 1.807) is 11.3 Å². The lowest BCUT2D eigenvalue weighted by Crippen LogP contribution is -1.87. The molecule has 82 valence electrons. The molecule has 3 aromatic heterocycles. The van der Waals surface area contributed by atoms with Crippen LogP contribution < -0.4 is 0 Å². The highest BCUT2D eigenvalue weighted by Gasteiger charge is 2.16. The zero-order chi connectivity index (χ0) is 11.4. The highest BCUT2D eigenvalue weighted by atomic mass is 79.9. The second kappa shape index (κ2) is 4.05. The molecule has 0 aliphatic carbocycles. The maximum absolute atomic E-state index is 4.46. The van der Waals surface area contributed by atoms with Crippen LogP contribution in [0.25, 0.3) is 15.9 Å². The summed E-state index contributed by atoms with van der Waals surface area (Å²) in [7, 11) is 0. The average molecular weight is 490 g/mol. The van der Waals surface area contributed by atoms with Gasteiger partial charge in [-0.3, -0.25) is 9.38 Å². The van der Waals surface area contributed by atoms with Gasteiger partial charge in [0.25, 0.3) is 0 Å². The molecule has 0 saturated heterocycles. The Morgan fingerprint density at radius 3 is 2.62 bits per heavy atom. The van der Waals surface area contributed by atoms with Crippen LogP contribution in [-0.4, -0.2) is 9.38 Å². The summed E-state index contributed by atoms with van der Waals surface area (Å²) in [5, 5.41) is 2.05. The molecule has 0 atom stereocenters. The SMILES string of the molecule is Brc1c(Br)c2cnc3c(Br)csc3n2c1Br. The van der Waals surface area contributed by atoms with E-state index in [4.69, 9.17) is 0 Å². The monoisotopic (exact) mass is 486 g/mol. The van der Waals surface area contributed by atoms with Crippen molar-refractivity contribution in [1.82, 2.24) is 9.38 Å². The van der Waals surface area contributed by atoms with Crippen LogP contribution >= 0.6 is 75.1 Å². The molecule has 0 saturated carbocycles. The number of halogens is 4. The predicted octanol–water partition coefficient (Wildman–Crippen LogP) is 5.60. The van der Waals surface area contributed by atoms with Gasteiger partial charge in [-0.2, -0.15) is 0 Å². The lowest BCUT2D eigenvalue weighted by molar-refractivity contribution is 1.21. The number of nitrogens with zero attached hydrogens (tertiary/aromatic N) is 2. The highest BCUT2D eigenvalue weighted by molar-refractivity contribution is 9.14. The zero-order valence-corrected chi connectivity index (χ0v) is 14.6. The van der Waals surface area contributed by atoms with E-state index in [0.29, 0.717) is 0 Å². The Bertz CT molecular complexity index is 715. The van der Waals surface area contributed by atoms with E-state index in [0.717, 1.165) is 33.9 Å². The largest absolute Gasteiger partial charge is 0.290 e. The van der Waals surface area contributed by atoms with E-state index in [1.165, 1.54) is 0 Å². The van der Waals surface area contributed by atoms with Crippen molar-refractivity contribution in [3.05, 3.63) is 29.6 Å². The molecule has 0 fully saturated rings. The molecule has 3 rings (SSSR count). The molecule has 0 radical (unpaired) electrons. The van der Waals surface area contributed by atoms with Crippen molar-refractivity contribution in [3.8, 4) is 0 Å². The third kappa shape index (κ3) is 1.48. The molecule has 0 amide bonds. The van der Waals surface area contributed by atoms with Gasteiger partial charge in [-0.25, -0.2) is 0 Å². The van der Waals surface area contributed by atoms with Gasteiger partial charge in [-0.1, -0.05) is 0 Å². The standard InChI is InChI=1S/C9H2Br4N2S/c10-3-2-16-9-7(3)14-1-4-5(11)6(12)8(13)15(4)9/h1-2H. The second-order valence-corrected chi connectivity index (χ2v) is 7.18. The summed E-state index contributed by atoms with van der Waals surface area (Å²) in [6.45, 7) is 0. The topological polar surface area (TPSA) is 17.3 Å². The van der Waals surface area contributed by atoms with Crippen molar-refractivity contribution >= 4 is 90.9 Å². The minimum Gasteiger partial charge on any atom is -0.290 e. The van der Waals surface area contributed by atoms with Crippen LogP contribution in [0.1, 0.15) is 0 Å². The van der Waals surface area contributed by atoms with Gasteiger partial charge in [0.1, 0.15) is 15.0 Å². The van der Waals surface area contributed by atoms with Crippen molar-refractivity contribution in [1.29, 1.82) is 0 Å². The van der Waals surface area contributed by atoms with Gasteiger partial charge in [0, 0.05) is 5.38 Å². The number of hydrogen-bond acceptors (Lipinski definition) is 2. The molecule has 0 spiro atoms. The molecule has 0 aromatic carbocycles. The average Bonchev–Trinajstić information content (AvgIpc) is 2.75. The fourth-order valence-electron chi connectivity index (χ4n) is 1.54. The summed E-state index contributed by atoms with van der Waals surface area (Å²) in [4.78, 5) is 5.57. The molecular weight excluding hydrogens is 488 g/mol. The Hall–Kier alpha value is 0.570. The number of fused-ring (bicyclic) bond motifs is 3. The zero-order valence-electron chi connectivity index (χ0n) is 7.47. The first-order valence-electron chi connectivity index (χ1n) is 4.18. The van der Waals surface area contributed by atoms with E-state index in [1.807, 2.05) is 11.6 Å². The molecule has 0 aliphatic heterocycles. The van der Waals surface area contributed by atoms with E-state index in [-0.39, 0.29) is 0 Å². The van der Waals surface area contributed by atoms with Crippen LogP contribution in [0.4, 0.5) is 0 Å². The molecule has 0 unspecified atom stereocenters. The second-order valence-electron chi connectivity index (χ2n) is 3.14. The molecule has 0 bridgehead atoms. The minimum atomic E-state index is 0.980. The lowest BCUT2D eigenvalue weighted by Gasteiger charge is -1.98. The Balaban J connectivity index is 2.65. The summed E-state index contributed by atoms with van der Waals surface area (Å²) in [6.07, 6.45) is 1.86. The van der Waals surface area contributed by atoms with Gasteiger partial charge in [-0.05, 0) is 63.7 Å². The fraction of sp³-hybridized carbons (Fsp3) is 0. The van der Waals surface area contributed by atoms with Crippen molar-refractivity contribution in [3.63, 3.8) is 0 Å². The summed E-state index contributed by atoms with van der Waals surface area (Å²) in [6, 6.07) is 0. The van der Waals surface area contributed by atoms with Crippen LogP contribution in [-0.2, 0) is 0 Å². The molecule has 3 aromatic rings. The minimum absolute atomic E-state index is 0.980. The van der Waals surface area contributed by atoms with E-state index < -0.39 is 0 Å². The number of rotatable bonds is 0. The Morgan fingerprint density at radius 1 is 1.12 bits per heavy atom. The maximum atomic E-state index is 4.46. The lowest BCUT2D eigenvalue weighted by atomic mass is 10.5. The molecule has 3 heterocycles. The van der Waals surface area contributed by atoms with Crippen LogP contribution in [0, 0.1) is 0 Å². The van der Waals surface area contributed by atoms with Crippen molar-refractivity contribution in [2.24, 2.45) is 0 Å². The normalized spacial score (nSPS) is 11.8. The first kappa shape index (κ1) is 11.6. The maximum Gasteiger partial charge on any atom is 0.128 e. The van der Waals surface area contributed by atoms with Gasteiger partial charge >= 0.3 is 0 Å². The van der Waals surface area contributed by atoms with E-state index >= 15 is 0 Å². The van der Waals surface area contributed by atoms with Crippen LogP contribution in [0.15, 0.2) is 29.6 Å². The molecule has 7 heteroatoms. The molecule has 2 nitrogen and oxygen atoms in total. The van der Waals surface area contributed by atoms with Crippen molar-refractivity contribution < 1.29 is 0 Å². The van der Waals surface area contributed by atoms with Gasteiger partial charge in [-0.15, -0.1) is 11.3 Å². The van der Waals surface area contributed by atoms with Crippen molar-refractivity contribution in [2.45, 2.75) is 0 Å². The first-order valence-corrected chi connectivity index (χ1v) is 8.23. The van der Waals surface area contributed by atoms with Gasteiger partial charge in [0.05, 0.1) is 25.1 Å². The van der Waals surface area contributed by atoms with Crippen LogP contribution in [0.3, 0.4) is 0 Å². The summed E-state index contributed by atoms with van der Waals surface area (Å²) < 4.78 is 6.18. The molecule has 0 aliphatic rings. The number of aromatic nitrogens is 2. The van der Waals surface area contributed by atoms with Crippen LogP contribution in [0.2, 0.25) is 0 Å². The molecular formula is C9H2Br4N2S. The first-order chi connectivity index (χ1) is 7.61. The summed E-state index contributed by atoms with van der Waals surface area (Å²) >= 11 is 15.8. The highest BCUT2D eigenvalue weighted by Crippen LogP contribution is 2.40. The van der Waals surface area contributed by atoms with Gasteiger partial charge in [0.2, 0.25) is 0 Å². The fourth-order valence-corrected chi connectivity index (χ4v) is 4.94. The third-order valence-corrected chi connectivity index (χ3v) is 7.51. The van der Waals surface area contributed by atoms with E-state index in [2.05, 4.69) is 73.1 Å². The van der Waals surface area contributed by atoms with Crippen molar-refractivity contribution in [2.75, 3.05) is 0 Å². The molecule has 0 N–H and O–H groups in total. The summed E-state index contributed by atoms with van der Waals surface area (Å²) in [5.74, 6) is 0. The predicted molar refractivity (Wildman–Crippen MR) is 81.4 cm³/mol. The Kier molecular flexibility index (Phi) is 2.95. The summed E-state index contributed by atoms with van der Waals surface area (Å²) in [5.41, 5.74) is 2.02. The quantitative estimate of drug-likeness (QED) is 0.402. The van der Waals surface area contributed by atoms with Gasteiger partial charge in [0.15, 0.2) is 0 Å². The Labute approximate surface area is 129 Å². The van der Waals surface area contributed by atoms with E-state index in [9.17, 15) is 0 Å². The van der Waals surface area contributed by atoms with Crippen LogP contribution in [0.5, 0.6) is 0 Å².